The lowest BCUT2D eigenvalue weighted by atomic mass is 10.0. The van der Waals surface area contributed by atoms with Crippen molar-refractivity contribution in [2.45, 2.75) is 25.4 Å². The van der Waals surface area contributed by atoms with Gasteiger partial charge in [-0.1, -0.05) is 36.4 Å². The van der Waals surface area contributed by atoms with E-state index in [1.54, 1.807) is 0 Å². The van der Waals surface area contributed by atoms with Crippen LogP contribution in [0, 0.1) is 0 Å². The fraction of sp³-hybridized carbons (Fsp3) is 0.318. The van der Waals surface area contributed by atoms with Crippen LogP contribution in [0.25, 0.3) is 11.1 Å². The van der Waals surface area contributed by atoms with E-state index in [1.807, 2.05) is 41.0 Å². The first-order valence-electron chi connectivity index (χ1n) is 9.60. The van der Waals surface area contributed by atoms with Crippen LogP contribution in [-0.2, 0) is 6.54 Å². The normalized spacial score (nSPS) is 15.8. The molecule has 28 heavy (non-hydrogen) atoms. The Morgan fingerprint density at radius 3 is 2.71 bits per heavy atom. The van der Waals surface area contributed by atoms with E-state index >= 15 is 0 Å². The number of piperidine rings is 1. The fourth-order valence-electron chi connectivity index (χ4n) is 3.84. The number of nitrogens with zero attached hydrogens (tertiary/aromatic N) is 2. The predicted molar refractivity (Wildman–Crippen MR) is 115 cm³/mol. The van der Waals surface area contributed by atoms with E-state index in [-0.39, 0.29) is 11.9 Å². The Labute approximate surface area is 173 Å². The minimum absolute atomic E-state index is 0.0411. The van der Waals surface area contributed by atoms with Crippen LogP contribution in [0.2, 0.25) is 0 Å². The molecule has 2 aromatic heterocycles. The first-order valence-corrected chi connectivity index (χ1v) is 10.4. The molecule has 0 radical (unpaired) electrons. The number of halogens is 1. The Bertz CT molecular complexity index is 969. The summed E-state index contributed by atoms with van der Waals surface area (Å²) >= 11 is 3.39. The van der Waals surface area contributed by atoms with Gasteiger partial charge in [0, 0.05) is 44.4 Å². The highest BCUT2D eigenvalue weighted by Gasteiger charge is 2.24. The summed E-state index contributed by atoms with van der Waals surface area (Å²) in [6.45, 7) is 7.30. The third-order valence-corrected chi connectivity index (χ3v) is 5.68. The quantitative estimate of drug-likeness (QED) is 0.575. The molecule has 0 saturated carbocycles. The van der Waals surface area contributed by atoms with Crippen molar-refractivity contribution in [3.8, 4) is 0 Å². The number of carbonyl (C=O) groups is 1. The van der Waals surface area contributed by atoms with Crippen LogP contribution < -0.4 is 5.32 Å². The van der Waals surface area contributed by atoms with Gasteiger partial charge in [-0.3, -0.25) is 9.69 Å². The van der Waals surface area contributed by atoms with Crippen molar-refractivity contribution in [3.63, 3.8) is 0 Å². The number of fused-ring (bicyclic) bond motifs is 1. The maximum atomic E-state index is 13.1. The molecule has 146 valence electrons. The van der Waals surface area contributed by atoms with Crippen LogP contribution in [0.1, 0.15) is 28.9 Å². The molecule has 4 rings (SSSR count). The van der Waals surface area contributed by atoms with Crippen molar-refractivity contribution in [1.82, 2.24) is 14.8 Å². The van der Waals surface area contributed by atoms with Crippen molar-refractivity contribution >= 4 is 32.9 Å². The number of carbonyl (C=O) groups excluding carboxylic acids is 1. The standard InChI is InChI=1S/C22H24BrN3O2/c1-2-10-25-11-8-17(9-12-25)24-22(27)19-13-20-18(14-21(23)28-20)26(19)15-16-6-4-3-5-7-16/h2-7,13-14,17H,1,8-12,15H2,(H,24,27). The van der Waals surface area contributed by atoms with Crippen molar-refractivity contribution < 1.29 is 9.21 Å². The molecule has 1 aromatic carbocycles. The number of furan rings is 1. The third-order valence-electron chi connectivity index (χ3n) is 5.29. The van der Waals surface area contributed by atoms with E-state index in [2.05, 4.69) is 44.9 Å². The number of benzene rings is 1. The molecule has 1 amide bonds. The van der Waals surface area contributed by atoms with E-state index in [9.17, 15) is 4.79 Å². The van der Waals surface area contributed by atoms with Gasteiger partial charge in [-0.25, -0.2) is 0 Å². The van der Waals surface area contributed by atoms with Crippen LogP contribution in [0.5, 0.6) is 0 Å². The number of aromatic nitrogens is 1. The lowest BCUT2D eigenvalue weighted by Crippen LogP contribution is -2.45. The summed E-state index contributed by atoms with van der Waals surface area (Å²) < 4.78 is 8.40. The van der Waals surface area contributed by atoms with Gasteiger partial charge in [-0.15, -0.1) is 6.58 Å². The molecular formula is C22H24BrN3O2. The maximum absolute atomic E-state index is 13.1. The lowest BCUT2D eigenvalue weighted by molar-refractivity contribution is 0.0905. The van der Waals surface area contributed by atoms with Gasteiger partial charge in [-0.05, 0) is 34.3 Å². The molecule has 1 N–H and O–H groups in total. The Balaban J connectivity index is 1.54. The highest BCUT2D eigenvalue weighted by molar-refractivity contribution is 9.10. The Hall–Kier alpha value is -2.31. The number of hydrogen-bond acceptors (Lipinski definition) is 3. The molecule has 1 fully saturated rings. The van der Waals surface area contributed by atoms with Gasteiger partial charge in [0.05, 0.1) is 5.52 Å². The Morgan fingerprint density at radius 2 is 2.00 bits per heavy atom. The van der Waals surface area contributed by atoms with Gasteiger partial charge in [0.1, 0.15) is 5.69 Å². The molecule has 3 heterocycles. The first kappa shape index (κ1) is 19.0. The second kappa shape index (κ2) is 8.37. The van der Waals surface area contributed by atoms with Gasteiger partial charge in [0.15, 0.2) is 10.3 Å². The molecule has 1 aliphatic rings. The summed E-state index contributed by atoms with van der Waals surface area (Å²) in [6.07, 6.45) is 3.85. The van der Waals surface area contributed by atoms with Gasteiger partial charge < -0.3 is 14.3 Å². The predicted octanol–water partition coefficient (Wildman–Crippen LogP) is 4.43. The van der Waals surface area contributed by atoms with Crippen molar-refractivity contribution in [2.75, 3.05) is 19.6 Å². The van der Waals surface area contributed by atoms with Gasteiger partial charge in [-0.2, -0.15) is 0 Å². The maximum Gasteiger partial charge on any atom is 0.268 e. The lowest BCUT2D eigenvalue weighted by Gasteiger charge is -2.31. The van der Waals surface area contributed by atoms with Crippen LogP contribution in [-0.4, -0.2) is 41.1 Å². The monoisotopic (exact) mass is 441 g/mol. The molecule has 5 nitrogen and oxygen atoms in total. The van der Waals surface area contributed by atoms with E-state index in [1.165, 1.54) is 0 Å². The number of nitrogens with one attached hydrogen (secondary N) is 1. The third kappa shape index (κ3) is 4.08. The zero-order chi connectivity index (χ0) is 19.5. The van der Waals surface area contributed by atoms with Crippen LogP contribution in [0.4, 0.5) is 0 Å². The minimum atomic E-state index is -0.0411. The van der Waals surface area contributed by atoms with Crippen molar-refractivity contribution in [1.29, 1.82) is 0 Å². The average Bonchev–Trinajstić information content (AvgIpc) is 3.21. The molecule has 3 aromatic rings. The molecule has 0 atom stereocenters. The second-order valence-electron chi connectivity index (χ2n) is 7.24. The van der Waals surface area contributed by atoms with Crippen molar-refractivity contribution in [2.24, 2.45) is 0 Å². The van der Waals surface area contributed by atoms with E-state index in [0.29, 0.717) is 22.5 Å². The Kier molecular flexibility index (Phi) is 5.69. The Morgan fingerprint density at radius 1 is 1.25 bits per heavy atom. The van der Waals surface area contributed by atoms with Crippen molar-refractivity contribution in [3.05, 3.63) is 71.0 Å². The number of likely N-dealkylation sites (tertiary alicyclic amines) is 1. The largest absolute Gasteiger partial charge is 0.448 e. The summed E-state index contributed by atoms with van der Waals surface area (Å²) in [5.74, 6) is -0.0411. The van der Waals surface area contributed by atoms with Crippen LogP contribution >= 0.6 is 15.9 Å². The molecule has 1 aliphatic heterocycles. The zero-order valence-corrected chi connectivity index (χ0v) is 17.3. The number of hydrogen-bond donors (Lipinski definition) is 1. The summed E-state index contributed by atoms with van der Waals surface area (Å²) in [5.41, 5.74) is 3.41. The molecule has 0 spiro atoms. The molecule has 0 aliphatic carbocycles. The molecule has 6 heteroatoms. The molecule has 1 saturated heterocycles. The highest BCUT2D eigenvalue weighted by atomic mass is 79.9. The van der Waals surface area contributed by atoms with Gasteiger partial charge in [0.25, 0.3) is 5.91 Å². The van der Waals surface area contributed by atoms with Crippen LogP contribution in [0.3, 0.4) is 0 Å². The summed E-state index contributed by atoms with van der Waals surface area (Å²) in [6, 6.07) is 14.1. The SMILES string of the molecule is C=CCN1CCC(NC(=O)c2cc3oc(Br)cc3n2Cc2ccccc2)CC1. The topological polar surface area (TPSA) is 50.4 Å². The zero-order valence-electron chi connectivity index (χ0n) is 15.7. The number of rotatable bonds is 6. The average molecular weight is 442 g/mol. The summed E-state index contributed by atoms with van der Waals surface area (Å²) in [5, 5.41) is 3.22. The first-order chi connectivity index (χ1) is 13.6. The molecular weight excluding hydrogens is 418 g/mol. The molecule has 0 unspecified atom stereocenters. The van der Waals surface area contributed by atoms with Gasteiger partial charge >= 0.3 is 0 Å². The highest BCUT2D eigenvalue weighted by Crippen LogP contribution is 2.28. The van der Waals surface area contributed by atoms with Crippen LogP contribution in [0.15, 0.2) is 64.2 Å². The van der Waals surface area contributed by atoms with Gasteiger partial charge in [0.2, 0.25) is 0 Å². The van der Waals surface area contributed by atoms with E-state index in [4.69, 9.17) is 4.42 Å². The second-order valence-corrected chi connectivity index (χ2v) is 8.02. The fourth-order valence-corrected chi connectivity index (χ4v) is 4.23. The van der Waals surface area contributed by atoms with E-state index in [0.717, 1.165) is 43.6 Å². The summed E-state index contributed by atoms with van der Waals surface area (Å²) in [7, 11) is 0. The summed E-state index contributed by atoms with van der Waals surface area (Å²) in [4.78, 5) is 15.4. The molecule has 0 bridgehead atoms. The minimum Gasteiger partial charge on any atom is -0.448 e. The number of amides is 1. The smallest absolute Gasteiger partial charge is 0.268 e. The van der Waals surface area contributed by atoms with E-state index < -0.39 is 0 Å².